The summed E-state index contributed by atoms with van der Waals surface area (Å²) in [6.45, 7) is 1.52. The normalized spacial score (nSPS) is 11.9. The molecule has 7 nitrogen and oxygen atoms in total. The van der Waals surface area contributed by atoms with Gasteiger partial charge in [0.25, 0.3) is 10.1 Å². The van der Waals surface area contributed by atoms with Crippen LogP contribution in [0, 0.1) is 6.92 Å². The Labute approximate surface area is 118 Å². The molecule has 2 aromatic rings. The number of aryl methyl sites for hydroxylation is 1. The van der Waals surface area contributed by atoms with Crippen LogP contribution in [-0.4, -0.2) is 23.3 Å². The van der Waals surface area contributed by atoms with E-state index < -0.39 is 10.1 Å². The molecular weight excluding hydrogens is 308 g/mol. The molecule has 0 aliphatic heterocycles. The molecule has 0 saturated carbocycles. The van der Waals surface area contributed by atoms with Crippen molar-refractivity contribution in [2.45, 2.75) is 16.7 Å². The van der Waals surface area contributed by atoms with Gasteiger partial charge < -0.3 is 5.11 Å². The first-order chi connectivity index (χ1) is 9.36. The average molecular weight is 318 g/mol. The van der Waals surface area contributed by atoms with E-state index in [0.29, 0.717) is 27.9 Å². The Kier molecular flexibility index (Phi) is 4.18. The van der Waals surface area contributed by atoms with Crippen molar-refractivity contribution in [2.75, 3.05) is 0 Å². The van der Waals surface area contributed by atoms with Gasteiger partial charge in [0.1, 0.15) is 10.6 Å². The highest BCUT2D eigenvalue weighted by Crippen LogP contribution is 2.38. The molecule has 0 aliphatic carbocycles. The second-order valence-corrected chi connectivity index (χ2v) is 6.03. The van der Waals surface area contributed by atoms with Crippen molar-refractivity contribution >= 4 is 32.9 Å². The summed E-state index contributed by atoms with van der Waals surface area (Å²) in [5.74, 6) is -0.183. The fourth-order valence-electron chi connectivity index (χ4n) is 1.90. The van der Waals surface area contributed by atoms with Crippen molar-refractivity contribution in [3.63, 3.8) is 0 Å². The first-order valence-corrected chi connectivity index (χ1v) is 7.42. The first kappa shape index (κ1) is 15.0. The van der Waals surface area contributed by atoms with Gasteiger partial charge in [0.2, 0.25) is 0 Å². The van der Waals surface area contributed by atoms with E-state index in [9.17, 15) is 18.1 Å². The van der Waals surface area contributed by atoms with Crippen molar-refractivity contribution in [1.29, 1.82) is 0 Å². The summed E-state index contributed by atoms with van der Waals surface area (Å²) in [6.07, 6.45) is 0. The zero-order valence-electron chi connectivity index (χ0n) is 10.1. The van der Waals surface area contributed by atoms with Crippen molar-refractivity contribution in [3.05, 3.63) is 29.8 Å². The molecule has 0 radical (unpaired) electrons. The molecule has 0 bridgehead atoms. The number of rotatable bonds is 4. The van der Waals surface area contributed by atoms with E-state index in [-0.39, 0.29) is 16.0 Å². The van der Waals surface area contributed by atoms with E-state index in [0.717, 1.165) is 0 Å². The maximum absolute atomic E-state index is 11.4. The Morgan fingerprint density at radius 3 is 2.60 bits per heavy atom. The van der Waals surface area contributed by atoms with Gasteiger partial charge in [-0.05, 0) is 24.4 Å². The topological polar surface area (TPSA) is 113 Å². The van der Waals surface area contributed by atoms with Crippen molar-refractivity contribution < 1.29 is 32.7 Å². The minimum Gasteiger partial charge on any atom is -0.508 e. The number of phenols is 1. The predicted octanol–water partition coefficient (Wildman–Crippen LogP) is 2.53. The quantitative estimate of drug-likeness (QED) is 0.341. The minimum atomic E-state index is -4.45. The molecule has 0 atom stereocenters. The Hall–Kier alpha value is -1.36. The molecule has 108 valence electrons. The van der Waals surface area contributed by atoms with E-state index in [1.807, 2.05) is 0 Å². The van der Waals surface area contributed by atoms with E-state index in [1.165, 1.54) is 25.1 Å². The summed E-state index contributed by atoms with van der Waals surface area (Å²) in [5, 5.41) is 22.1. The lowest BCUT2D eigenvalue weighted by atomic mass is 10.0. The third-order valence-electron chi connectivity index (χ3n) is 2.75. The number of hydrogen-bond acceptors (Lipinski definition) is 7. The van der Waals surface area contributed by atoms with E-state index in [1.54, 1.807) is 6.07 Å². The third-order valence-corrected chi connectivity index (χ3v) is 4.29. The van der Waals surface area contributed by atoms with Crippen LogP contribution in [0.4, 0.5) is 0 Å². The molecule has 0 saturated heterocycles. The summed E-state index contributed by atoms with van der Waals surface area (Å²) in [5.41, 5.74) is 0.294. The van der Waals surface area contributed by atoms with Crippen molar-refractivity contribution in [3.8, 4) is 5.75 Å². The lowest BCUT2D eigenvalue weighted by Crippen LogP contribution is -2.00. The molecule has 2 rings (SSSR count). The summed E-state index contributed by atoms with van der Waals surface area (Å²) in [6, 6.07) is 5.57. The van der Waals surface area contributed by atoms with Crippen molar-refractivity contribution in [1.82, 2.24) is 0 Å². The predicted molar refractivity (Wildman–Crippen MR) is 70.8 cm³/mol. The lowest BCUT2D eigenvalue weighted by molar-refractivity contribution is -0.432. The molecule has 0 heterocycles. The van der Waals surface area contributed by atoms with Crippen LogP contribution in [0.25, 0.3) is 10.8 Å². The molecule has 0 fully saturated rings. The molecule has 0 amide bonds. The second-order valence-electron chi connectivity index (χ2n) is 3.90. The van der Waals surface area contributed by atoms with Gasteiger partial charge in [-0.15, -0.1) is 4.33 Å². The first-order valence-electron chi connectivity index (χ1n) is 5.24. The standard InChI is InChI=1S/C11H10O7S2/c1-6-8(12)5-9(19-18-17-13)7-3-2-4-10(11(6)7)20(14,15)16/h2-5,12-13H,1H3,(H,14,15,16). The molecule has 3 N–H and O–H groups in total. The highest BCUT2D eigenvalue weighted by Gasteiger charge is 2.19. The molecule has 2 aromatic carbocycles. The van der Waals surface area contributed by atoms with Gasteiger partial charge in [0, 0.05) is 10.9 Å². The average Bonchev–Trinajstić information content (AvgIpc) is 2.39. The smallest absolute Gasteiger partial charge is 0.295 e. The zero-order valence-corrected chi connectivity index (χ0v) is 11.7. The Balaban J connectivity index is 2.84. The van der Waals surface area contributed by atoms with Gasteiger partial charge in [-0.1, -0.05) is 17.2 Å². The largest absolute Gasteiger partial charge is 0.508 e. The molecule has 9 heteroatoms. The van der Waals surface area contributed by atoms with Crippen LogP contribution in [0.5, 0.6) is 5.75 Å². The highest BCUT2D eigenvalue weighted by atomic mass is 32.2. The lowest BCUT2D eigenvalue weighted by Gasteiger charge is -2.12. The fourth-order valence-corrected chi connectivity index (χ4v) is 3.19. The number of fused-ring (bicyclic) bond motifs is 1. The van der Waals surface area contributed by atoms with Crippen LogP contribution in [0.3, 0.4) is 0 Å². The third kappa shape index (κ3) is 2.73. The van der Waals surface area contributed by atoms with Gasteiger partial charge in [-0.3, -0.25) is 4.55 Å². The summed E-state index contributed by atoms with van der Waals surface area (Å²) >= 11 is 0.583. The van der Waals surface area contributed by atoms with Gasteiger partial charge >= 0.3 is 0 Å². The molecule has 0 aliphatic rings. The van der Waals surface area contributed by atoms with E-state index >= 15 is 0 Å². The van der Waals surface area contributed by atoms with E-state index in [2.05, 4.69) is 9.37 Å². The number of hydrogen-bond donors (Lipinski definition) is 3. The maximum Gasteiger partial charge on any atom is 0.295 e. The molecule has 0 aromatic heterocycles. The SMILES string of the molecule is Cc1c(O)cc(SOOO)c2cccc(S(=O)(=O)O)c12. The van der Waals surface area contributed by atoms with Crippen LogP contribution < -0.4 is 0 Å². The maximum atomic E-state index is 11.4. The summed E-state index contributed by atoms with van der Waals surface area (Å²) in [4.78, 5) is -0.0159. The van der Waals surface area contributed by atoms with Gasteiger partial charge in [-0.2, -0.15) is 8.42 Å². The van der Waals surface area contributed by atoms with Crippen LogP contribution in [0.1, 0.15) is 5.56 Å². The van der Waals surface area contributed by atoms with Crippen LogP contribution in [0.2, 0.25) is 0 Å². The Morgan fingerprint density at radius 2 is 2.00 bits per heavy atom. The van der Waals surface area contributed by atoms with Crippen LogP contribution >= 0.6 is 12.0 Å². The zero-order chi connectivity index (χ0) is 14.9. The monoisotopic (exact) mass is 318 g/mol. The van der Waals surface area contributed by atoms with Crippen molar-refractivity contribution in [2.24, 2.45) is 0 Å². The molecule has 20 heavy (non-hydrogen) atoms. The Bertz CT molecular complexity index is 755. The number of phenolic OH excluding ortho intramolecular Hbond substituents is 1. The minimum absolute atomic E-state index is 0.166. The molecule has 0 spiro atoms. The van der Waals surface area contributed by atoms with Gasteiger partial charge in [0.15, 0.2) is 0 Å². The molecular formula is C11H10O7S2. The van der Waals surface area contributed by atoms with Crippen LogP contribution in [0.15, 0.2) is 34.1 Å². The highest BCUT2D eigenvalue weighted by molar-refractivity contribution is 7.94. The number of benzene rings is 2. The van der Waals surface area contributed by atoms with E-state index in [4.69, 9.17) is 5.26 Å². The van der Waals surface area contributed by atoms with Gasteiger partial charge in [-0.25, -0.2) is 5.26 Å². The molecule has 0 unspecified atom stereocenters. The van der Waals surface area contributed by atoms with Crippen LogP contribution in [-0.2, 0) is 19.5 Å². The summed E-state index contributed by atoms with van der Waals surface area (Å²) < 4.78 is 36.4. The fraction of sp³-hybridized carbons (Fsp3) is 0.0909. The second kappa shape index (κ2) is 5.56. The summed E-state index contributed by atoms with van der Waals surface area (Å²) in [7, 11) is -4.45. The number of aromatic hydroxyl groups is 1. The van der Waals surface area contributed by atoms with Gasteiger partial charge in [0.05, 0.1) is 16.9 Å². The Morgan fingerprint density at radius 1 is 1.30 bits per heavy atom.